The Kier molecular flexibility index (Phi) is 6.18. The summed E-state index contributed by atoms with van der Waals surface area (Å²) in [6.07, 6.45) is 0. The summed E-state index contributed by atoms with van der Waals surface area (Å²) in [6, 6.07) is 2.54. The topological polar surface area (TPSA) is 61.5 Å². The molecule has 7 heteroatoms. The second-order valence-corrected chi connectivity index (χ2v) is 4.73. The van der Waals surface area contributed by atoms with E-state index in [2.05, 4.69) is 4.74 Å². The highest BCUT2D eigenvalue weighted by molar-refractivity contribution is 6.39. The lowest BCUT2D eigenvalue weighted by Crippen LogP contribution is -2.21. The van der Waals surface area contributed by atoms with E-state index >= 15 is 0 Å². The summed E-state index contributed by atoms with van der Waals surface area (Å²) in [4.78, 5) is 10.9. The molecule has 1 unspecified atom stereocenters. The van der Waals surface area contributed by atoms with Crippen molar-refractivity contribution in [3.8, 4) is 0 Å². The minimum absolute atomic E-state index is 0.0934. The van der Waals surface area contributed by atoms with Crippen molar-refractivity contribution in [1.82, 2.24) is 0 Å². The monoisotopic (exact) mass is 311 g/mol. The van der Waals surface area contributed by atoms with Crippen LogP contribution in [0.25, 0.3) is 0 Å². The molecule has 0 bridgehead atoms. The maximum atomic E-state index is 10.9. The number of hydrogen-bond donors (Lipinski definition) is 1. The van der Waals surface area contributed by atoms with Gasteiger partial charge in [0, 0.05) is 20.6 Å². The molecule has 0 aliphatic rings. The Morgan fingerprint density at radius 2 is 1.89 bits per heavy atom. The highest BCUT2D eigenvalue weighted by atomic mass is 35.5. The number of benzene rings is 1. The molecule has 0 heterocycles. The van der Waals surface area contributed by atoms with Gasteiger partial charge in [0.05, 0.1) is 19.8 Å². The van der Waals surface area contributed by atoms with Gasteiger partial charge in [0.25, 0.3) is 0 Å². The van der Waals surface area contributed by atoms with Crippen molar-refractivity contribution in [2.75, 3.05) is 20.3 Å². The Hall–Kier alpha value is -0.520. The first-order valence-corrected chi connectivity index (χ1v) is 6.13. The van der Waals surface area contributed by atoms with Gasteiger partial charge in [-0.3, -0.25) is 0 Å². The summed E-state index contributed by atoms with van der Waals surface area (Å²) in [7, 11) is 1.28. The Labute approximate surface area is 120 Å². The zero-order valence-corrected chi connectivity index (χ0v) is 11.9. The summed E-state index contributed by atoms with van der Waals surface area (Å²) >= 11 is 17.8. The molecule has 0 aliphatic carbocycles. The first-order valence-electron chi connectivity index (χ1n) is 5.00. The van der Waals surface area contributed by atoms with Crippen molar-refractivity contribution in [2.45, 2.75) is 6.04 Å². The van der Waals surface area contributed by atoms with Gasteiger partial charge < -0.3 is 15.2 Å². The molecule has 0 aromatic heterocycles. The van der Waals surface area contributed by atoms with E-state index in [0.717, 1.165) is 0 Å². The smallest absolute Gasteiger partial charge is 0.331 e. The normalized spacial score (nSPS) is 12.3. The van der Waals surface area contributed by atoms with Crippen molar-refractivity contribution < 1.29 is 14.3 Å². The Morgan fingerprint density at radius 1 is 1.33 bits per heavy atom. The first-order chi connectivity index (χ1) is 8.45. The Balaban J connectivity index is 2.67. The fourth-order valence-corrected chi connectivity index (χ4v) is 2.42. The lowest BCUT2D eigenvalue weighted by molar-refractivity contribution is -0.146. The molecule has 0 radical (unpaired) electrons. The third-order valence-electron chi connectivity index (χ3n) is 2.16. The molecule has 1 rings (SSSR count). The van der Waals surface area contributed by atoms with E-state index in [0.29, 0.717) is 20.6 Å². The number of hydrogen-bond acceptors (Lipinski definition) is 4. The Bertz CT molecular complexity index is 417. The highest BCUT2D eigenvalue weighted by Gasteiger charge is 2.16. The van der Waals surface area contributed by atoms with E-state index in [9.17, 15) is 4.79 Å². The molecule has 0 aliphatic heterocycles. The van der Waals surface area contributed by atoms with Crippen LogP contribution in [0.3, 0.4) is 0 Å². The van der Waals surface area contributed by atoms with Gasteiger partial charge in [0.15, 0.2) is 0 Å². The maximum Gasteiger partial charge on any atom is 0.331 e. The fourth-order valence-electron chi connectivity index (χ4n) is 1.32. The molecular formula is C11H12Cl3NO3. The van der Waals surface area contributed by atoms with Crippen LogP contribution >= 0.6 is 34.8 Å². The van der Waals surface area contributed by atoms with Gasteiger partial charge >= 0.3 is 5.97 Å². The van der Waals surface area contributed by atoms with Crippen molar-refractivity contribution in [3.63, 3.8) is 0 Å². The van der Waals surface area contributed by atoms with E-state index in [1.54, 1.807) is 12.1 Å². The second-order valence-electron chi connectivity index (χ2n) is 3.48. The summed E-state index contributed by atoms with van der Waals surface area (Å²) in [5.41, 5.74) is 6.42. The van der Waals surface area contributed by atoms with E-state index in [1.807, 2.05) is 0 Å². The van der Waals surface area contributed by atoms with Crippen LogP contribution < -0.4 is 5.73 Å². The highest BCUT2D eigenvalue weighted by Crippen LogP contribution is 2.32. The largest absolute Gasteiger partial charge is 0.467 e. The molecule has 18 heavy (non-hydrogen) atoms. The van der Waals surface area contributed by atoms with Gasteiger partial charge in [0.2, 0.25) is 0 Å². The van der Waals surface area contributed by atoms with Crippen LogP contribution in [0, 0.1) is 0 Å². The minimum atomic E-state index is -0.549. The van der Waals surface area contributed by atoms with Crippen LogP contribution in [0.15, 0.2) is 12.1 Å². The lowest BCUT2D eigenvalue weighted by atomic mass is 10.1. The van der Waals surface area contributed by atoms with E-state index in [-0.39, 0.29) is 13.2 Å². The molecule has 0 amide bonds. The zero-order valence-electron chi connectivity index (χ0n) is 9.58. The molecule has 1 aromatic rings. The fraction of sp³-hybridized carbons (Fsp3) is 0.364. The number of esters is 1. The average molecular weight is 313 g/mol. The quantitative estimate of drug-likeness (QED) is 0.849. The predicted octanol–water partition coefficient (Wildman–Crippen LogP) is 2.84. The van der Waals surface area contributed by atoms with Crippen LogP contribution in [0.2, 0.25) is 15.1 Å². The number of carbonyl (C=O) groups excluding carboxylic acids is 1. The first kappa shape index (κ1) is 15.5. The standard InChI is InChI=1S/C11H12Cl3NO3/c1-17-10(16)5-18-4-9(15)11-7(13)2-6(12)3-8(11)14/h2-3,9H,4-5,15H2,1H3. The third kappa shape index (κ3) is 4.30. The molecular weight excluding hydrogens is 300 g/mol. The van der Waals surface area contributed by atoms with Crippen LogP contribution in [0.1, 0.15) is 11.6 Å². The molecule has 1 aromatic carbocycles. The number of nitrogens with two attached hydrogens (primary N) is 1. The van der Waals surface area contributed by atoms with Crippen LogP contribution in [-0.2, 0) is 14.3 Å². The summed E-state index contributed by atoms with van der Waals surface area (Å²) < 4.78 is 9.52. The van der Waals surface area contributed by atoms with Crippen LogP contribution in [-0.4, -0.2) is 26.3 Å². The van der Waals surface area contributed by atoms with Crippen molar-refractivity contribution in [3.05, 3.63) is 32.8 Å². The van der Waals surface area contributed by atoms with Crippen molar-refractivity contribution in [2.24, 2.45) is 5.73 Å². The van der Waals surface area contributed by atoms with E-state index in [4.69, 9.17) is 45.3 Å². The summed E-state index contributed by atoms with van der Waals surface area (Å²) in [6.45, 7) is -0.0802. The summed E-state index contributed by atoms with van der Waals surface area (Å²) in [5, 5.41) is 1.15. The zero-order chi connectivity index (χ0) is 13.7. The van der Waals surface area contributed by atoms with Crippen LogP contribution in [0.5, 0.6) is 0 Å². The number of methoxy groups -OCH3 is 1. The van der Waals surface area contributed by atoms with Crippen LogP contribution in [0.4, 0.5) is 0 Å². The molecule has 0 spiro atoms. The number of carbonyl (C=O) groups is 1. The van der Waals surface area contributed by atoms with Crippen molar-refractivity contribution in [1.29, 1.82) is 0 Å². The molecule has 0 saturated heterocycles. The molecule has 1 atom stereocenters. The summed E-state index contributed by atoms with van der Waals surface area (Å²) in [5.74, 6) is -0.476. The molecule has 0 saturated carbocycles. The molecule has 2 N–H and O–H groups in total. The van der Waals surface area contributed by atoms with Gasteiger partial charge in [0.1, 0.15) is 6.61 Å². The second kappa shape index (κ2) is 7.16. The van der Waals surface area contributed by atoms with Gasteiger partial charge in [-0.15, -0.1) is 0 Å². The SMILES string of the molecule is COC(=O)COCC(N)c1c(Cl)cc(Cl)cc1Cl. The maximum absolute atomic E-state index is 10.9. The van der Waals surface area contributed by atoms with Gasteiger partial charge in [-0.05, 0) is 12.1 Å². The third-order valence-corrected chi connectivity index (χ3v) is 3.00. The minimum Gasteiger partial charge on any atom is -0.467 e. The van der Waals surface area contributed by atoms with Crippen molar-refractivity contribution >= 4 is 40.8 Å². The van der Waals surface area contributed by atoms with Gasteiger partial charge in [-0.1, -0.05) is 34.8 Å². The van der Waals surface area contributed by atoms with Gasteiger partial charge in [-0.25, -0.2) is 4.79 Å². The number of ether oxygens (including phenoxy) is 2. The average Bonchev–Trinajstić information content (AvgIpc) is 2.27. The molecule has 100 valence electrons. The Morgan fingerprint density at radius 3 is 2.39 bits per heavy atom. The van der Waals surface area contributed by atoms with E-state index < -0.39 is 12.0 Å². The van der Waals surface area contributed by atoms with Gasteiger partial charge in [-0.2, -0.15) is 0 Å². The molecule has 0 fully saturated rings. The number of rotatable bonds is 5. The predicted molar refractivity (Wildman–Crippen MR) is 71.2 cm³/mol. The van der Waals surface area contributed by atoms with E-state index in [1.165, 1.54) is 7.11 Å². The number of halogens is 3. The molecule has 4 nitrogen and oxygen atoms in total. The lowest BCUT2D eigenvalue weighted by Gasteiger charge is -2.15.